The van der Waals surface area contributed by atoms with Gasteiger partial charge in [-0.15, -0.1) is 23.2 Å². The maximum atomic E-state index is 12.3. The van der Waals surface area contributed by atoms with Crippen molar-refractivity contribution >= 4 is 103 Å². The molecule has 0 unspecified atom stereocenters. The molecule has 0 spiro atoms. The topological polar surface area (TPSA) is 150 Å². The van der Waals surface area contributed by atoms with E-state index in [0.717, 1.165) is 50.3 Å². The van der Waals surface area contributed by atoms with E-state index in [1.807, 2.05) is 62.4 Å². The molecule has 1 amide bonds. The number of nitrogens with two attached hydrogens (primary N) is 1. The summed E-state index contributed by atoms with van der Waals surface area (Å²) in [5.41, 5.74) is 11.3. The van der Waals surface area contributed by atoms with Gasteiger partial charge < -0.3 is 19.9 Å². The molecule has 4 aromatic carbocycles. The summed E-state index contributed by atoms with van der Waals surface area (Å²) < 4.78 is 11.5. The number of rotatable bonds is 5. The lowest BCUT2D eigenvalue weighted by atomic mass is 10.1. The summed E-state index contributed by atoms with van der Waals surface area (Å²) in [6.45, 7) is 3.82. The molecule has 0 radical (unpaired) electrons. The number of benzene rings is 4. The molecule has 4 aromatic heterocycles. The molecule has 56 heavy (non-hydrogen) atoms. The van der Waals surface area contributed by atoms with E-state index >= 15 is 0 Å². The van der Waals surface area contributed by atoms with Crippen LogP contribution in [0, 0.1) is 13.8 Å². The van der Waals surface area contributed by atoms with Crippen LogP contribution in [0.5, 0.6) is 0 Å². The van der Waals surface area contributed by atoms with Gasteiger partial charge in [0.15, 0.2) is 5.82 Å². The number of alkyl halides is 2. The normalized spacial score (nSPS) is 10.3. The molecule has 8 rings (SSSR count). The number of hydrogen-bond donors (Lipinski definition) is 2. The molecule has 3 N–H and O–H groups in total. The molecule has 10 nitrogen and oxygen atoms in total. The maximum absolute atomic E-state index is 12.3. The van der Waals surface area contributed by atoms with Crippen LogP contribution in [0.2, 0.25) is 10.0 Å². The molecule has 0 bridgehead atoms. The fourth-order valence-electron chi connectivity index (χ4n) is 5.41. The van der Waals surface area contributed by atoms with Crippen LogP contribution in [0.4, 0.5) is 11.6 Å². The highest BCUT2D eigenvalue weighted by Crippen LogP contribution is 2.34. The van der Waals surface area contributed by atoms with Crippen LogP contribution in [-0.4, -0.2) is 36.4 Å². The van der Waals surface area contributed by atoms with E-state index in [9.17, 15) is 9.59 Å². The lowest BCUT2D eigenvalue weighted by Gasteiger charge is -2.06. The summed E-state index contributed by atoms with van der Waals surface area (Å²) >= 11 is 26.4. The van der Waals surface area contributed by atoms with Crippen molar-refractivity contribution in [3.63, 3.8) is 0 Å². The van der Waals surface area contributed by atoms with Gasteiger partial charge in [-0.25, -0.2) is 9.97 Å². The monoisotopic (exact) mass is 846 g/mol. The molecule has 15 heteroatoms. The highest BCUT2D eigenvalue weighted by Gasteiger charge is 2.16. The third-order valence-electron chi connectivity index (χ3n) is 7.82. The van der Waals surface area contributed by atoms with Crippen molar-refractivity contribution in [2.45, 2.75) is 13.8 Å². The zero-order valence-corrected chi connectivity index (χ0v) is 33.4. The molecule has 0 fully saturated rings. The Hall–Kier alpha value is -5.49. The molecule has 0 atom stereocenters. The standard InChI is InChI=1S/C20H14ClN3O2.C13H11N3O.C7H4Cl2O.CH2Cl2/c1-12-19(14-7-3-5-9-17(14)26-12)16-10-23-18(11-22-16)24-20(25)13-6-2-4-8-15(13)21;1-8-13(10-6-16-12(14)7-15-10)9-4-2-3-5-11(9)17-8;8-6-4-2-1-3-5(6)7(9)10;2-1-3/h2-11H,1H3,(H,23,24,25);2-7H,1H3,(H2,14,16);1-4H;1H2. The number of aryl methyl sites for hydroxylation is 2. The van der Waals surface area contributed by atoms with E-state index in [0.29, 0.717) is 38.5 Å². The Morgan fingerprint density at radius 2 is 1.07 bits per heavy atom. The Labute approximate surface area is 346 Å². The van der Waals surface area contributed by atoms with Gasteiger partial charge in [-0.3, -0.25) is 19.6 Å². The van der Waals surface area contributed by atoms with Gasteiger partial charge in [0.25, 0.3) is 11.1 Å². The quantitative estimate of drug-likeness (QED) is 0.127. The van der Waals surface area contributed by atoms with Crippen LogP contribution in [0.15, 0.2) is 131 Å². The molecule has 0 aliphatic carbocycles. The minimum Gasteiger partial charge on any atom is -0.461 e. The number of carbonyl (C=O) groups is 2. The SMILES string of the molecule is Cc1oc2ccccc2c1-c1cnc(N)cn1.Cc1oc2ccccc2c1-c1cnc(NC(=O)c2ccccc2Cl)cn1.ClCCl.O=C(Cl)c1ccccc1Cl. The van der Waals surface area contributed by atoms with Gasteiger partial charge in [0.2, 0.25) is 0 Å². The number of furan rings is 2. The number of hydrogen-bond acceptors (Lipinski definition) is 9. The molecule has 284 valence electrons. The first-order valence-corrected chi connectivity index (χ1v) is 18.7. The molecule has 0 saturated heterocycles. The largest absolute Gasteiger partial charge is 0.461 e. The van der Waals surface area contributed by atoms with Gasteiger partial charge in [-0.2, -0.15) is 0 Å². The Balaban J connectivity index is 0.000000171. The molecule has 0 aliphatic rings. The number of fused-ring (bicyclic) bond motifs is 2. The second-order valence-corrected chi connectivity index (χ2v) is 13.4. The van der Waals surface area contributed by atoms with E-state index in [4.69, 9.17) is 72.6 Å². The van der Waals surface area contributed by atoms with E-state index in [1.54, 1.807) is 67.1 Å². The van der Waals surface area contributed by atoms with Crippen molar-refractivity contribution in [1.29, 1.82) is 0 Å². The smallest absolute Gasteiger partial charge is 0.258 e. The van der Waals surface area contributed by atoms with Gasteiger partial charge in [0, 0.05) is 10.8 Å². The Kier molecular flexibility index (Phi) is 14.8. The summed E-state index contributed by atoms with van der Waals surface area (Å²) in [5, 5.41) is 5.17. The Bertz CT molecular complexity index is 2580. The lowest BCUT2D eigenvalue weighted by Crippen LogP contribution is -2.13. The van der Waals surface area contributed by atoms with Crippen LogP contribution < -0.4 is 11.1 Å². The number of anilines is 2. The average Bonchev–Trinajstić information content (AvgIpc) is 3.71. The van der Waals surface area contributed by atoms with E-state index in [1.165, 1.54) is 6.20 Å². The number of nitrogens with one attached hydrogen (secondary N) is 1. The highest BCUT2D eigenvalue weighted by molar-refractivity contribution is 6.68. The predicted molar refractivity (Wildman–Crippen MR) is 226 cm³/mol. The molecule has 8 aromatic rings. The minimum atomic E-state index is -0.523. The number of para-hydroxylation sites is 2. The van der Waals surface area contributed by atoms with Crippen molar-refractivity contribution in [1.82, 2.24) is 19.9 Å². The second-order valence-electron chi connectivity index (χ2n) is 11.5. The summed E-state index contributed by atoms with van der Waals surface area (Å²) in [4.78, 5) is 39.9. The summed E-state index contributed by atoms with van der Waals surface area (Å²) in [5.74, 6) is 2.05. The van der Waals surface area contributed by atoms with Crippen LogP contribution in [0.25, 0.3) is 44.5 Å². The number of amides is 1. The van der Waals surface area contributed by atoms with Crippen molar-refractivity contribution < 1.29 is 18.4 Å². The predicted octanol–water partition coefficient (Wildman–Crippen LogP) is 12.0. The second kappa shape index (κ2) is 19.9. The Morgan fingerprint density at radius 1 is 0.625 bits per heavy atom. The van der Waals surface area contributed by atoms with Gasteiger partial charge >= 0.3 is 0 Å². The maximum Gasteiger partial charge on any atom is 0.258 e. The number of aromatic nitrogens is 4. The zero-order valence-electron chi connectivity index (χ0n) is 29.6. The number of nitrogens with zero attached hydrogens (tertiary/aromatic N) is 4. The minimum absolute atomic E-state index is 0.194. The van der Waals surface area contributed by atoms with Crippen LogP contribution >= 0.6 is 58.0 Å². The third kappa shape index (κ3) is 10.4. The molecule has 0 saturated carbocycles. The number of nitrogen functional groups attached to an aromatic ring is 1. The van der Waals surface area contributed by atoms with Crippen LogP contribution in [-0.2, 0) is 0 Å². The molecular weight excluding hydrogens is 818 g/mol. The van der Waals surface area contributed by atoms with Gasteiger partial charge in [-0.1, -0.05) is 83.9 Å². The zero-order chi connectivity index (χ0) is 40.2. The lowest BCUT2D eigenvalue weighted by molar-refractivity contribution is 0.102. The molecular formula is C41H31Cl5N6O4. The molecule has 0 aliphatic heterocycles. The van der Waals surface area contributed by atoms with E-state index in [-0.39, 0.29) is 11.2 Å². The first kappa shape index (κ1) is 41.7. The summed E-state index contributed by atoms with van der Waals surface area (Å²) in [6, 6.07) is 29.1. The van der Waals surface area contributed by atoms with Crippen molar-refractivity contribution in [2.24, 2.45) is 0 Å². The van der Waals surface area contributed by atoms with E-state index < -0.39 is 5.24 Å². The van der Waals surface area contributed by atoms with E-state index in [2.05, 4.69) is 25.3 Å². The first-order valence-electron chi connectivity index (χ1n) is 16.5. The van der Waals surface area contributed by atoms with Gasteiger partial charge in [0.1, 0.15) is 28.5 Å². The van der Waals surface area contributed by atoms with Gasteiger partial charge in [-0.05, 0) is 61.8 Å². The number of carbonyl (C=O) groups excluding carboxylic acids is 2. The van der Waals surface area contributed by atoms with Crippen molar-refractivity contribution in [3.05, 3.63) is 155 Å². The Morgan fingerprint density at radius 3 is 1.50 bits per heavy atom. The number of halogens is 5. The highest BCUT2D eigenvalue weighted by atomic mass is 35.5. The fraction of sp³-hybridized carbons (Fsp3) is 0.0732. The summed E-state index contributed by atoms with van der Waals surface area (Å²) in [7, 11) is 0. The van der Waals surface area contributed by atoms with Crippen LogP contribution in [0.3, 0.4) is 0 Å². The summed E-state index contributed by atoms with van der Waals surface area (Å²) in [6.07, 6.45) is 6.36. The third-order valence-corrected chi connectivity index (χ3v) is 8.69. The van der Waals surface area contributed by atoms with Gasteiger partial charge in [0.05, 0.1) is 73.8 Å². The first-order chi connectivity index (χ1) is 27.0. The van der Waals surface area contributed by atoms with Crippen molar-refractivity contribution in [2.75, 3.05) is 16.4 Å². The fourth-order valence-corrected chi connectivity index (χ4v) is 6.07. The van der Waals surface area contributed by atoms with Crippen molar-refractivity contribution in [3.8, 4) is 22.5 Å². The molecule has 4 heterocycles. The average molecular weight is 849 g/mol. The van der Waals surface area contributed by atoms with Crippen LogP contribution in [0.1, 0.15) is 32.2 Å².